The van der Waals surface area contributed by atoms with Crippen molar-refractivity contribution in [3.8, 4) is 0 Å². The molecule has 1 fully saturated rings. The summed E-state index contributed by atoms with van der Waals surface area (Å²) < 4.78 is 18.8. The molecule has 5 nitrogen and oxygen atoms in total. The number of hydrogen-bond acceptors (Lipinski definition) is 4. The lowest BCUT2D eigenvalue weighted by molar-refractivity contribution is -0.123. The van der Waals surface area contributed by atoms with E-state index < -0.39 is 17.8 Å². The molecule has 2 amide bonds. The maximum absolute atomic E-state index is 13.5. The number of nitrogens with one attached hydrogen (secondary N) is 1. The van der Waals surface area contributed by atoms with Crippen molar-refractivity contribution >= 4 is 28.8 Å². The standard InChI is InChI=1S/C22H21FN2O3S/c23-15-9-11-17(12-10-15)25(22(27)18-7-3-13-28-18)20(19-8-4-14-29-19)21(26)24-16-5-1-2-6-16/h3-4,7-14,16,20H,1-2,5-6H2,(H,24,26). The summed E-state index contributed by atoms with van der Waals surface area (Å²) in [6, 6.07) is 11.6. The summed E-state index contributed by atoms with van der Waals surface area (Å²) in [6.45, 7) is 0. The van der Waals surface area contributed by atoms with Gasteiger partial charge in [0.1, 0.15) is 5.82 Å². The molecule has 1 N–H and O–H groups in total. The number of carbonyl (C=O) groups is 2. The fourth-order valence-corrected chi connectivity index (χ4v) is 4.49. The molecule has 0 saturated heterocycles. The Morgan fingerprint density at radius 3 is 2.48 bits per heavy atom. The largest absolute Gasteiger partial charge is 0.459 e. The normalized spacial score (nSPS) is 15.2. The number of hydrogen-bond donors (Lipinski definition) is 1. The lowest BCUT2D eigenvalue weighted by Crippen LogP contribution is -2.46. The molecule has 0 spiro atoms. The third-order valence-corrected chi connectivity index (χ3v) is 6.00. The van der Waals surface area contributed by atoms with Gasteiger partial charge in [0.15, 0.2) is 11.8 Å². The van der Waals surface area contributed by atoms with E-state index in [9.17, 15) is 14.0 Å². The highest BCUT2D eigenvalue weighted by Gasteiger charge is 2.36. The van der Waals surface area contributed by atoms with Gasteiger partial charge in [-0.3, -0.25) is 14.5 Å². The Balaban J connectivity index is 1.75. The van der Waals surface area contributed by atoms with E-state index in [-0.39, 0.29) is 17.7 Å². The quantitative estimate of drug-likeness (QED) is 0.625. The first-order chi connectivity index (χ1) is 14.1. The Morgan fingerprint density at radius 2 is 1.86 bits per heavy atom. The molecule has 2 heterocycles. The van der Waals surface area contributed by atoms with Crippen molar-refractivity contribution in [2.75, 3.05) is 4.90 Å². The van der Waals surface area contributed by atoms with Crippen LogP contribution in [0.3, 0.4) is 0 Å². The summed E-state index contributed by atoms with van der Waals surface area (Å²) in [5, 5.41) is 4.96. The zero-order valence-electron chi connectivity index (χ0n) is 15.7. The van der Waals surface area contributed by atoms with E-state index in [2.05, 4.69) is 5.32 Å². The van der Waals surface area contributed by atoms with Crippen molar-refractivity contribution < 1.29 is 18.4 Å². The molecule has 0 radical (unpaired) electrons. The van der Waals surface area contributed by atoms with Crippen LogP contribution < -0.4 is 10.2 Å². The SMILES string of the molecule is O=C(NC1CCCC1)C(c1cccs1)N(C(=O)c1ccco1)c1ccc(F)cc1. The Bertz CT molecular complexity index is 949. The first-order valence-corrected chi connectivity index (χ1v) is 10.5. The molecule has 7 heteroatoms. The van der Waals surface area contributed by atoms with Crippen LogP contribution in [-0.4, -0.2) is 17.9 Å². The topological polar surface area (TPSA) is 62.6 Å². The fourth-order valence-electron chi connectivity index (χ4n) is 3.68. The van der Waals surface area contributed by atoms with Gasteiger partial charge >= 0.3 is 0 Å². The van der Waals surface area contributed by atoms with Crippen LogP contribution in [0.1, 0.15) is 47.2 Å². The average molecular weight is 412 g/mol. The molecule has 0 aliphatic heterocycles. The molecule has 0 bridgehead atoms. The third kappa shape index (κ3) is 4.24. The number of anilines is 1. The molecule has 4 rings (SSSR count). The lowest BCUT2D eigenvalue weighted by atomic mass is 10.1. The Labute approximate surface area is 172 Å². The molecule has 1 aromatic carbocycles. The van der Waals surface area contributed by atoms with E-state index >= 15 is 0 Å². The number of furan rings is 1. The van der Waals surface area contributed by atoms with Crippen molar-refractivity contribution in [2.45, 2.75) is 37.8 Å². The second kappa shape index (κ2) is 8.61. The monoisotopic (exact) mass is 412 g/mol. The van der Waals surface area contributed by atoms with Gasteiger partial charge in [0.2, 0.25) is 5.91 Å². The van der Waals surface area contributed by atoms with E-state index in [4.69, 9.17) is 4.42 Å². The van der Waals surface area contributed by atoms with Crippen LogP contribution in [0.25, 0.3) is 0 Å². The van der Waals surface area contributed by atoms with Crippen LogP contribution in [0.5, 0.6) is 0 Å². The molecule has 2 aromatic heterocycles. The first kappa shape index (κ1) is 19.4. The van der Waals surface area contributed by atoms with E-state index in [1.807, 2.05) is 17.5 Å². The molecule has 3 aromatic rings. The zero-order valence-corrected chi connectivity index (χ0v) is 16.5. The van der Waals surface area contributed by atoms with Crippen LogP contribution in [0.15, 0.2) is 64.6 Å². The van der Waals surface area contributed by atoms with Crippen molar-refractivity contribution in [1.82, 2.24) is 5.32 Å². The van der Waals surface area contributed by atoms with Gasteiger partial charge in [0.05, 0.1) is 6.26 Å². The van der Waals surface area contributed by atoms with Gasteiger partial charge in [0, 0.05) is 16.6 Å². The van der Waals surface area contributed by atoms with Crippen LogP contribution in [-0.2, 0) is 4.79 Å². The molecule has 1 aliphatic carbocycles. The summed E-state index contributed by atoms with van der Waals surface area (Å²) in [5.41, 5.74) is 0.424. The molecule has 1 saturated carbocycles. The number of rotatable bonds is 6. The van der Waals surface area contributed by atoms with Gasteiger partial charge in [-0.15, -0.1) is 11.3 Å². The van der Waals surface area contributed by atoms with Gasteiger partial charge in [-0.25, -0.2) is 4.39 Å². The number of halogens is 1. The Morgan fingerprint density at radius 1 is 1.10 bits per heavy atom. The van der Waals surface area contributed by atoms with Crippen LogP contribution in [0, 0.1) is 5.82 Å². The van der Waals surface area contributed by atoms with Crippen LogP contribution in [0.4, 0.5) is 10.1 Å². The van der Waals surface area contributed by atoms with Crippen molar-refractivity contribution in [3.05, 3.63) is 76.6 Å². The average Bonchev–Trinajstić information content (AvgIpc) is 3.49. The predicted octanol–water partition coefficient (Wildman–Crippen LogP) is 4.93. The second-order valence-electron chi connectivity index (χ2n) is 7.04. The molecule has 1 atom stereocenters. The molecule has 29 heavy (non-hydrogen) atoms. The predicted molar refractivity (Wildman–Crippen MR) is 109 cm³/mol. The second-order valence-corrected chi connectivity index (χ2v) is 8.02. The van der Waals surface area contributed by atoms with E-state index in [1.165, 1.54) is 46.8 Å². The highest BCUT2D eigenvalue weighted by molar-refractivity contribution is 7.10. The van der Waals surface area contributed by atoms with E-state index in [0.717, 1.165) is 30.6 Å². The minimum atomic E-state index is -0.876. The summed E-state index contributed by atoms with van der Waals surface area (Å²) in [5.74, 6) is -1.00. The van der Waals surface area contributed by atoms with Crippen molar-refractivity contribution in [3.63, 3.8) is 0 Å². The number of amides is 2. The minimum Gasteiger partial charge on any atom is -0.459 e. The fraction of sp³-hybridized carbons (Fsp3) is 0.273. The van der Waals surface area contributed by atoms with Crippen molar-refractivity contribution in [1.29, 1.82) is 0 Å². The molecule has 150 valence electrons. The van der Waals surface area contributed by atoms with Crippen LogP contribution >= 0.6 is 11.3 Å². The van der Waals surface area contributed by atoms with E-state index in [0.29, 0.717) is 5.69 Å². The summed E-state index contributed by atoms with van der Waals surface area (Å²) in [6.07, 6.45) is 5.45. The number of benzene rings is 1. The van der Waals surface area contributed by atoms with E-state index in [1.54, 1.807) is 12.1 Å². The van der Waals surface area contributed by atoms with Crippen LogP contribution in [0.2, 0.25) is 0 Å². The minimum absolute atomic E-state index is 0.110. The summed E-state index contributed by atoms with van der Waals surface area (Å²) in [7, 11) is 0. The number of thiophene rings is 1. The molecule has 1 aliphatic rings. The number of nitrogens with zero attached hydrogens (tertiary/aromatic N) is 1. The maximum Gasteiger partial charge on any atom is 0.295 e. The van der Waals surface area contributed by atoms with Crippen molar-refractivity contribution in [2.24, 2.45) is 0 Å². The Hall–Kier alpha value is -2.93. The first-order valence-electron chi connectivity index (χ1n) is 9.60. The third-order valence-electron chi connectivity index (χ3n) is 5.08. The smallest absolute Gasteiger partial charge is 0.295 e. The van der Waals surface area contributed by atoms with Gasteiger partial charge in [-0.2, -0.15) is 0 Å². The Kier molecular flexibility index (Phi) is 5.76. The summed E-state index contributed by atoms with van der Waals surface area (Å²) >= 11 is 1.40. The maximum atomic E-state index is 13.5. The lowest BCUT2D eigenvalue weighted by Gasteiger charge is -2.30. The molecular formula is C22H21FN2O3S. The zero-order chi connectivity index (χ0) is 20.2. The van der Waals surface area contributed by atoms with Gasteiger partial charge in [0.25, 0.3) is 5.91 Å². The molecular weight excluding hydrogens is 391 g/mol. The highest BCUT2D eigenvalue weighted by Crippen LogP contribution is 2.33. The van der Waals surface area contributed by atoms with Gasteiger partial charge < -0.3 is 9.73 Å². The van der Waals surface area contributed by atoms with Gasteiger partial charge in [-0.05, 0) is 60.7 Å². The number of carbonyl (C=O) groups excluding carboxylic acids is 2. The highest BCUT2D eigenvalue weighted by atomic mass is 32.1. The molecule has 1 unspecified atom stereocenters. The van der Waals surface area contributed by atoms with Gasteiger partial charge in [-0.1, -0.05) is 18.9 Å². The summed E-state index contributed by atoms with van der Waals surface area (Å²) in [4.78, 5) is 28.8.